The van der Waals surface area contributed by atoms with Crippen LogP contribution in [0.1, 0.15) is 6.92 Å². The van der Waals surface area contributed by atoms with E-state index in [4.69, 9.17) is 5.73 Å². The van der Waals surface area contributed by atoms with Gasteiger partial charge in [0.2, 0.25) is 5.91 Å². The molecular weight excluding hydrogens is 136 g/mol. The largest absolute Gasteiger partial charge is 0.356 e. The molecule has 3 nitrogen and oxygen atoms in total. The van der Waals surface area contributed by atoms with E-state index in [1.54, 1.807) is 0 Å². The summed E-state index contributed by atoms with van der Waals surface area (Å²) in [5, 5.41) is 2.64. The second-order valence-electron chi connectivity index (χ2n) is 1.54. The third-order valence-corrected chi connectivity index (χ3v) is 1.42. The molecule has 0 saturated heterocycles. The van der Waals surface area contributed by atoms with Crippen LogP contribution >= 0.6 is 11.8 Å². The molecule has 0 saturated carbocycles. The van der Waals surface area contributed by atoms with Gasteiger partial charge in [-0.15, -0.1) is 11.8 Å². The monoisotopic (exact) mass is 147 g/mol. The minimum atomic E-state index is 0.000538. The van der Waals surface area contributed by atoms with Crippen molar-refractivity contribution in [2.24, 2.45) is 0 Å². The van der Waals surface area contributed by atoms with Gasteiger partial charge in [-0.1, -0.05) is 0 Å². The van der Waals surface area contributed by atoms with Gasteiger partial charge in [0, 0.05) is 19.2 Å². The molecule has 0 aliphatic rings. The highest BCUT2D eigenvalue weighted by Crippen LogP contribution is 1.91. The average Bonchev–Trinajstić information content (AvgIpc) is 1.80. The van der Waals surface area contributed by atoms with Crippen molar-refractivity contribution in [1.82, 2.24) is 11.1 Å². The molecule has 1 amide bonds. The van der Waals surface area contributed by atoms with E-state index < -0.39 is 0 Å². The molecule has 0 heterocycles. The fourth-order valence-corrected chi connectivity index (χ4v) is 0.762. The van der Waals surface area contributed by atoms with Crippen LogP contribution in [0.3, 0.4) is 0 Å². The van der Waals surface area contributed by atoms with E-state index in [0.717, 1.165) is 5.75 Å². The Bertz CT molecular complexity index is 87.0. The van der Waals surface area contributed by atoms with E-state index in [2.05, 4.69) is 5.32 Å². The molecule has 0 bridgehead atoms. The predicted octanol–water partition coefficient (Wildman–Crippen LogP) is 0.0961. The maximum Gasteiger partial charge on any atom is 0.216 e. The van der Waals surface area contributed by atoms with E-state index in [9.17, 15) is 4.79 Å². The topological polar surface area (TPSA) is 52.9 Å². The first kappa shape index (κ1) is 8.78. The van der Waals surface area contributed by atoms with Crippen LogP contribution < -0.4 is 11.1 Å². The van der Waals surface area contributed by atoms with Gasteiger partial charge in [0.15, 0.2) is 0 Å². The molecule has 0 aromatic rings. The van der Waals surface area contributed by atoms with Crippen molar-refractivity contribution >= 4 is 17.7 Å². The molecule has 2 N–H and O–H groups in total. The van der Waals surface area contributed by atoms with Crippen LogP contribution in [-0.4, -0.2) is 24.1 Å². The average molecular weight is 147 g/mol. The zero-order chi connectivity index (χ0) is 7.11. The van der Waals surface area contributed by atoms with Gasteiger partial charge >= 0.3 is 0 Å². The van der Waals surface area contributed by atoms with Gasteiger partial charge in [-0.25, -0.2) is 5.73 Å². The number of thioether (sulfide) groups is 1. The summed E-state index contributed by atoms with van der Waals surface area (Å²) in [6.07, 6.45) is 0. The lowest BCUT2D eigenvalue weighted by molar-refractivity contribution is -0.118. The summed E-state index contributed by atoms with van der Waals surface area (Å²) in [5.74, 6) is 1.21. The number of carbonyl (C=O) groups is 1. The van der Waals surface area contributed by atoms with E-state index >= 15 is 0 Å². The SMILES string of the molecule is CC(=O)NCCSC[NH]. The summed E-state index contributed by atoms with van der Waals surface area (Å²) in [6, 6.07) is 0. The first-order valence-corrected chi connectivity index (χ1v) is 3.89. The zero-order valence-electron chi connectivity index (χ0n) is 5.44. The van der Waals surface area contributed by atoms with E-state index in [1.807, 2.05) is 0 Å². The summed E-state index contributed by atoms with van der Waals surface area (Å²) in [6.45, 7) is 2.17. The highest BCUT2D eigenvalue weighted by Gasteiger charge is 1.88. The Kier molecular flexibility index (Phi) is 5.76. The fourth-order valence-electron chi connectivity index (χ4n) is 0.371. The Balaban J connectivity index is 2.83. The Hall–Kier alpha value is -0.220. The van der Waals surface area contributed by atoms with Crippen LogP contribution in [-0.2, 0) is 4.79 Å². The third kappa shape index (κ3) is 7.78. The first-order valence-electron chi connectivity index (χ1n) is 2.74. The smallest absolute Gasteiger partial charge is 0.216 e. The van der Waals surface area contributed by atoms with Gasteiger partial charge in [0.1, 0.15) is 0 Å². The summed E-state index contributed by atoms with van der Waals surface area (Å²) >= 11 is 1.50. The van der Waals surface area contributed by atoms with Crippen LogP contribution in [0.25, 0.3) is 0 Å². The first-order chi connectivity index (χ1) is 4.27. The van der Waals surface area contributed by atoms with E-state index in [-0.39, 0.29) is 5.91 Å². The van der Waals surface area contributed by atoms with Gasteiger partial charge in [-0.3, -0.25) is 4.79 Å². The van der Waals surface area contributed by atoms with Crippen molar-refractivity contribution in [3.05, 3.63) is 0 Å². The lowest BCUT2D eigenvalue weighted by Crippen LogP contribution is -2.22. The Labute approximate surface area is 59.4 Å². The van der Waals surface area contributed by atoms with Gasteiger partial charge < -0.3 is 5.32 Å². The van der Waals surface area contributed by atoms with Crippen LogP contribution in [0.4, 0.5) is 0 Å². The summed E-state index contributed by atoms with van der Waals surface area (Å²) in [5.41, 5.74) is 6.74. The molecule has 9 heavy (non-hydrogen) atoms. The van der Waals surface area contributed by atoms with Gasteiger partial charge in [0.05, 0.1) is 5.88 Å². The van der Waals surface area contributed by atoms with Gasteiger partial charge in [-0.2, -0.15) is 0 Å². The summed E-state index contributed by atoms with van der Waals surface area (Å²) in [4.78, 5) is 10.2. The molecule has 4 heteroatoms. The molecule has 0 spiro atoms. The second-order valence-corrected chi connectivity index (χ2v) is 2.64. The lowest BCUT2D eigenvalue weighted by atomic mass is 10.6. The van der Waals surface area contributed by atoms with Crippen LogP contribution in [0, 0.1) is 0 Å². The van der Waals surface area contributed by atoms with Crippen molar-refractivity contribution in [1.29, 1.82) is 0 Å². The predicted molar refractivity (Wildman–Crippen MR) is 39.1 cm³/mol. The fraction of sp³-hybridized carbons (Fsp3) is 0.800. The van der Waals surface area contributed by atoms with E-state index in [0.29, 0.717) is 12.4 Å². The highest BCUT2D eigenvalue weighted by molar-refractivity contribution is 7.99. The molecular formula is C5H11N2OS. The van der Waals surface area contributed by atoms with Crippen LogP contribution in [0.15, 0.2) is 0 Å². The van der Waals surface area contributed by atoms with E-state index in [1.165, 1.54) is 18.7 Å². The van der Waals surface area contributed by atoms with Crippen LogP contribution in [0.2, 0.25) is 0 Å². The summed E-state index contributed by atoms with van der Waals surface area (Å²) in [7, 11) is 0. The molecule has 0 aliphatic carbocycles. The molecule has 0 atom stereocenters. The zero-order valence-corrected chi connectivity index (χ0v) is 6.25. The van der Waals surface area contributed by atoms with Crippen molar-refractivity contribution in [2.45, 2.75) is 6.92 Å². The van der Waals surface area contributed by atoms with Gasteiger partial charge in [-0.05, 0) is 0 Å². The number of carbonyl (C=O) groups excluding carboxylic acids is 1. The molecule has 0 aromatic carbocycles. The highest BCUT2D eigenvalue weighted by atomic mass is 32.2. The Morgan fingerprint density at radius 3 is 2.89 bits per heavy atom. The molecule has 1 radical (unpaired) electrons. The van der Waals surface area contributed by atoms with Crippen molar-refractivity contribution in [3.63, 3.8) is 0 Å². The number of rotatable bonds is 4. The van der Waals surface area contributed by atoms with Crippen molar-refractivity contribution < 1.29 is 4.79 Å². The maximum atomic E-state index is 10.2. The molecule has 0 aromatic heterocycles. The maximum absolute atomic E-state index is 10.2. The third-order valence-electron chi connectivity index (χ3n) is 0.722. The summed E-state index contributed by atoms with van der Waals surface area (Å²) < 4.78 is 0. The number of hydrogen-bond donors (Lipinski definition) is 1. The Morgan fingerprint density at radius 1 is 1.78 bits per heavy atom. The number of nitrogens with one attached hydrogen (secondary N) is 2. The van der Waals surface area contributed by atoms with Gasteiger partial charge in [0.25, 0.3) is 0 Å². The molecule has 0 aliphatic heterocycles. The molecule has 0 rings (SSSR count). The standard InChI is InChI=1S/C5H11N2OS/c1-5(8)7-2-3-9-4-6/h6H,2-4H2,1H3,(H,7,8). The quantitative estimate of drug-likeness (QED) is 0.573. The van der Waals surface area contributed by atoms with Crippen molar-refractivity contribution in [2.75, 3.05) is 18.2 Å². The van der Waals surface area contributed by atoms with Crippen molar-refractivity contribution in [3.8, 4) is 0 Å². The minimum absolute atomic E-state index is 0.000538. The Morgan fingerprint density at radius 2 is 2.44 bits per heavy atom. The number of hydrogen-bond acceptors (Lipinski definition) is 2. The normalized spacial score (nSPS) is 9.11. The molecule has 0 fully saturated rings. The molecule has 0 unspecified atom stereocenters. The number of amides is 1. The minimum Gasteiger partial charge on any atom is -0.356 e. The lowest BCUT2D eigenvalue weighted by Gasteiger charge is -1.98. The van der Waals surface area contributed by atoms with Crippen LogP contribution in [0.5, 0.6) is 0 Å². The molecule has 53 valence electrons. The second kappa shape index (κ2) is 5.91.